The van der Waals surface area contributed by atoms with E-state index in [4.69, 9.17) is 13.9 Å². The lowest BCUT2D eigenvalue weighted by molar-refractivity contribution is -0.123. The molecule has 0 aliphatic carbocycles. The first-order chi connectivity index (χ1) is 16.0. The van der Waals surface area contributed by atoms with Crippen molar-refractivity contribution in [3.63, 3.8) is 0 Å². The van der Waals surface area contributed by atoms with Crippen molar-refractivity contribution in [1.82, 2.24) is 5.32 Å². The normalized spacial score (nSPS) is 11.7. The third-order valence-electron chi connectivity index (χ3n) is 5.19. The molecule has 3 aromatic carbocycles. The summed E-state index contributed by atoms with van der Waals surface area (Å²) in [5.74, 6) is 0.715. The number of ether oxygens (including phenoxy) is 2. The van der Waals surface area contributed by atoms with Crippen molar-refractivity contribution in [1.29, 1.82) is 0 Å². The molecule has 33 heavy (non-hydrogen) atoms. The van der Waals surface area contributed by atoms with Gasteiger partial charge in [0.05, 0.1) is 24.2 Å². The summed E-state index contributed by atoms with van der Waals surface area (Å²) in [6, 6.07) is 21.0. The minimum atomic E-state index is -0.801. The van der Waals surface area contributed by atoms with Gasteiger partial charge < -0.3 is 24.3 Å². The highest BCUT2D eigenvalue weighted by Gasteiger charge is 2.12. The lowest BCUT2D eigenvalue weighted by atomic mass is 10.1. The molecule has 0 aliphatic rings. The fraction of sp³-hybridized carbons (Fsp3) is 0.154. The molecule has 1 aromatic heterocycles. The van der Waals surface area contributed by atoms with E-state index >= 15 is 0 Å². The third-order valence-corrected chi connectivity index (χ3v) is 5.19. The number of hydrogen-bond acceptors (Lipinski definition) is 6. The molecule has 4 aromatic rings. The standard InChI is InChI=1S/C26H23NO6/c1-31-19-9-7-17(8-10-19)22-15-33-24-13-20(11-12-21(24)26(22)30)32-16-25(29)27-14-23(28)18-5-3-2-4-6-18/h2-13,15,23,28H,14,16H2,1H3,(H,27,29)/t23-/m1/s1. The number of carbonyl (C=O) groups is 1. The number of hydrogen-bond donors (Lipinski definition) is 2. The van der Waals surface area contributed by atoms with Crippen LogP contribution >= 0.6 is 0 Å². The first kappa shape index (κ1) is 22.1. The first-order valence-electron chi connectivity index (χ1n) is 10.4. The van der Waals surface area contributed by atoms with Crippen LogP contribution in [0.2, 0.25) is 0 Å². The topological polar surface area (TPSA) is 98.0 Å². The minimum absolute atomic E-state index is 0.0763. The van der Waals surface area contributed by atoms with E-state index in [-0.39, 0.29) is 24.5 Å². The predicted molar refractivity (Wildman–Crippen MR) is 124 cm³/mol. The van der Waals surface area contributed by atoms with Crippen LogP contribution in [0.1, 0.15) is 11.7 Å². The number of fused-ring (bicyclic) bond motifs is 1. The fourth-order valence-corrected chi connectivity index (χ4v) is 3.37. The maximum absolute atomic E-state index is 12.9. The fourth-order valence-electron chi connectivity index (χ4n) is 3.37. The van der Waals surface area contributed by atoms with E-state index in [0.29, 0.717) is 28.0 Å². The molecule has 7 nitrogen and oxygen atoms in total. The van der Waals surface area contributed by atoms with Gasteiger partial charge in [0, 0.05) is 12.6 Å². The third kappa shape index (κ3) is 5.22. The zero-order chi connectivity index (χ0) is 23.2. The predicted octanol–water partition coefficient (Wildman–Crippen LogP) is 3.70. The van der Waals surface area contributed by atoms with Crippen LogP contribution in [0.3, 0.4) is 0 Å². The molecule has 0 saturated heterocycles. The summed E-state index contributed by atoms with van der Waals surface area (Å²) in [5.41, 5.74) is 2.07. The molecular formula is C26H23NO6. The molecule has 7 heteroatoms. The van der Waals surface area contributed by atoms with Crippen LogP contribution in [0.25, 0.3) is 22.1 Å². The van der Waals surface area contributed by atoms with Crippen molar-refractivity contribution in [3.8, 4) is 22.6 Å². The van der Waals surface area contributed by atoms with Gasteiger partial charge in [-0.1, -0.05) is 42.5 Å². The van der Waals surface area contributed by atoms with Gasteiger partial charge in [0.1, 0.15) is 23.3 Å². The summed E-state index contributed by atoms with van der Waals surface area (Å²) in [7, 11) is 1.58. The Morgan fingerprint density at radius 3 is 2.48 bits per heavy atom. The van der Waals surface area contributed by atoms with Crippen molar-refractivity contribution in [2.75, 3.05) is 20.3 Å². The second-order valence-corrected chi connectivity index (χ2v) is 7.38. The van der Waals surface area contributed by atoms with Crippen molar-refractivity contribution in [2.24, 2.45) is 0 Å². The second-order valence-electron chi connectivity index (χ2n) is 7.38. The van der Waals surface area contributed by atoms with E-state index in [0.717, 1.165) is 11.1 Å². The van der Waals surface area contributed by atoms with Crippen molar-refractivity contribution >= 4 is 16.9 Å². The second kappa shape index (κ2) is 10.0. The van der Waals surface area contributed by atoms with Crippen LogP contribution < -0.4 is 20.2 Å². The monoisotopic (exact) mass is 445 g/mol. The Kier molecular flexibility index (Phi) is 6.71. The number of aliphatic hydroxyl groups excluding tert-OH is 1. The highest BCUT2D eigenvalue weighted by Crippen LogP contribution is 2.24. The Bertz CT molecular complexity index is 1300. The molecule has 0 radical (unpaired) electrons. The quantitative estimate of drug-likeness (QED) is 0.429. The van der Waals surface area contributed by atoms with E-state index in [9.17, 15) is 14.7 Å². The van der Waals surface area contributed by atoms with Gasteiger partial charge in [0.15, 0.2) is 12.0 Å². The molecule has 0 spiro atoms. The van der Waals surface area contributed by atoms with Crippen LogP contribution in [0.4, 0.5) is 0 Å². The molecule has 0 aliphatic heterocycles. The van der Waals surface area contributed by atoms with Gasteiger partial charge in [-0.05, 0) is 35.4 Å². The molecule has 1 atom stereocenters. The van der Waals surface area contributed by atoms with Crippen LogP contribution in [0.15, 0.2) is 88.3 Å². The highest BCUT2D eigenvalue weighted by atomic mass is 16.5. The van der Waals surface area contributed by atoms with Crippen molar-refractivity contribution in [3.05, 3.63) is 94.8 Å². The summed E-state index contributed by atoms with van der Waals surface area (Å²) in [4.78, 5) is 25.0. The molecule has 0 bridgehead atoms. The van der Waals surface area contributed by atoms with E-state index in [1.54, 1.807) is 61.7 Å². The molecule has 0 saturated carbocycles. The van der Waals surface area contributed by atoms with Gasteiger partial charge in [0.25, 0.3) is 5.91 Å². The zero-order valence-corrected chi connectivity index (χ0v) is 18.0. The molecular weight excluding hydrogens is 422 g/mol. The number of benzene rings is 3. The summed E-state index contributed by atoms with van der Waals surface area (Å²) in [6.45, 7) is -0.159. The summed E-state index contributed by atoms with van der Waals surface area (Å²) >= 11 is 0. The van der Waals surface area contributed by atoms with Gasteiger partial charge in [-0.25, -0.2) is 0 Å². The SMILES string of the molecule is COc1ccc(-c2coc3cc(OCC(=O)NC[C@@H](O)c4ccccc4)ccc3c2=O)cc1. The Labute approximate surface area is 190 Å². The lowest BCUT2D eigenvalue weighted by Crippen LogP contribution is -2.32. The molecule has 4 rings (SSSR count). The first-order valence-corrected chi connectivity index (χ1v) is 10.4. The van der Waals surface area contributed by atoms with Crippen molar-refractivity contribution < 1.29 is 23.8 Å². The Hall–Kier alpha value is -4.10. The van der Waals surface area contributed by atoms with Gasteiger partial charge >= 0.3 is 0 Å². The summed E-state index contributed by atoms with van der Waals surface area (Å²) in [6.07, 6.45) is 0.610. The molecule has 0 fully saturated rings. The largest absolute Gasteiger partial charge is 0.497 e. The Morgan fingerprint density at radius 2 is 1.76 bits per heavy atom. The van der Waals surface area contributed by atoms with Crippen LogP contribution in [0.5, 0.6) is 11.5 Å². The zero-order valence-electron chi connectivity index (χ0n) is 18.0. The van der Waals surface area contributed by atoms with E-state index in [2.05, 4.69) is 5.32 Å². The van der Waals surface area contributed by atoms with Crippen molar-refractivity contribution in [2.45, 2.75) is 6.10 Å². The maximum atomic E-state index is 12.9. The summed E-state index contributed by atoms with van der Waals surface area (Å²) in [5, 5.41) is 13.2. The molecule has 168 valence electrons. The van der Waals surface area contributed by atoms with E-state index in [1.807, 2.05) is 18.2 Å². The number of aliphatic hydroxyl groups is 1. The minimum Gasteiger partial charge on any atom is -0.497 e. The van der Waals surface area contributed by atoms with Gasteiger partial charge in [-0.3, -0.25) is 9.59 Å². The Morgan fingerprint density at radius 1 is 1.03 bits per heavy atom. The molecule has 2 N–H and O–H groups in total. The van der Waals surface area contributed by atoms with Crippen LogP contribution in [-0.2, 0) is 4.79 Å². The maximum Gasteiger partial charge on any atom is 0.258 e. The average Bonchev–Trinajstić information content (AvgIpc) is 2.87. The van der Waals surface area contributed by atoms with Crippen LogP contribution in [-0.4, -0.2) is 31.3 Å². The average molecular weight is 445 g/mol. The number of rotatable bonds is 8. The van der Waals surface area contributed by atoms with Gasteiger partial charge in [0.2, 0.25) is 0 Å². The highest BCUT2D eigenvalue weighted by molar-refractivity contribution is 5.83. The molecule has 1 amide bonds. The number of nitrogens with one attached hydrogen (secondary N) is 1. The summed E-state index contributed by atoms with van der Waals surface area (Å²) < 4.78 is 16.3. The molecule has 0 unspecified atom stereocenters. The number of amides is 1. The lowest BCUT2D eigenvalue weighted by Gasteiger charge is -2.12. The van der Waals surface area contributed by atoms with E-state index < -0.39 is 6.10 Å². The molecule has 1 heterocycles. The smallest absolute Gasteiger partial charge is 0.258 e. The number of carbonyl (C=O) groups excluding carboxylic acids is 1. The van der Waals surface area contributed by atoms with Gasteiger partial charge in [-0.2, -0.15) is 0 Å². The Balaban J connectivity index is 1.39. The number of methoxy groups -OCH3 is 1. The van der Waals surface area contributed by atoms with Gasteiger partial charge in [-0.15, -0.1) is 0 Å². The van der Waals surface area contributed by atoms with Crippen LogP contribution in [0, 0.1) is 0 Å². The van der Waals surface area contributed by atoms with E-state index in [1.165, 1.54) is 6.26 Å².